The minimum atomic E-state index is -0.886. The van der Waals surface area contributed by atoms with Crippen LogP contribution in [0.1, 0.15) is 31.2 Å². The summed E-state index contributed by atoms with van der Waals surface area (Å²) in [5.74, 6) is 0.0227. The molecule has 3 amide bonds. The van der Waals surface area contributed by atoms with Crippen LogP contribution >= 0.6 is 11.8 Å². The maximum Gasteiger partial charge on any atom is 0.257 e. The molecule has 2 fully saturated rings. The van der Waals surface area contributed by atoms with Crippen molar-refractivity contribution < 1.29 is 14.4 Å². The van der Waals surface area contributed by atoms with Gasteiger partial charge in [-0.2, -0.15) is 0 Å². The molecule has 29 heavy (non-hydrogen) atoms. The maximum atomic E-state index is 13.2. The van der Waals surface area contributed by atoms with Crippen LogP contribution in [-0.4, -0.2) is 29.1 Å². The first-order valence-electron chi connectivity index (χ1n) is 9.87. The minimum Gasteiger partial charge on any atom is -0.349 e. The Labute approximate surface area is 173 Å². The van der Waals surface area contributed by atoms with Crippen LogP contribution in [0.5, 0.6) is 0 Å². The summed E-state index contributed by atoms with van der Waals surface area (Å²) in [7, 11) is 0. The zero-order chi connectivity index (χ0) is 20.0. The summed E-state index contributed by atoms with van der Waals surface area (Å²) < 4.78 is 0. The van der Waals surface area contributed by atoms with Crippen LogP contribution in [0.25, 0.3) is 0 Å². The lowest BCUT2D eigenvalue weighted by Crippen LogP contribution is -2.52. The molecule has 1 unspecified atom stereocenters. The SMILES string of the molecule is O=C1CCCN1c1ccc(CNC(=O)C23CCC(=O)N2c2ccccc2S3)cc1. The lowest BCUT2D eigenvalue weighted by molar-refractivity contribution is -0.125. The van der Waals surface area contributed by atoms with E-state index in [0.29, 0.717) is 25.8 Å². The highest BCUT2D eigenvalue weighted by atomic mass is 32.2. The molecule has 6 nitrogen and oxygen atoms in total. The fourth-order valence-electron chi connectivity index (χ4n) is 4.33. The molecule has 0 aliphatic carbocycles. The summed E-state index contributed by atoms with van der Waals surface area (Å²) >= 11 is 1.47. The predicted octanol–water partition coefficient (Wildman–Crippen LogP) is 3.06. The van der Waals surface area contributed by atoms with E-state index in [1.807, 2.05) is 48.5 Å². The quantitative estimate of drug-likeness (QED) is 0.846. The van der Waals surface area contributed by atoms with Gasteiger partial charge in [-0.3, -0.25) is 19.3 Å². The fraction of sp³-hybridized carbons (Fsp3) is 0.318. The number of benzene rings is 2. The molecule has 0 aromatic heterocycles. The highest BCUT2D eigenvalue weighted by molar-refractivity contribution is 8.02. The normalized spacial score (nSPS) is 22.8. The molecule has 2 aromatic carbocycles. The number of carbonyl (C=O) groups excluding carboxylic acids is 3. The van der Waals surface area contributed by atoms with Crippen LogP contribution in [0.15, 0.2) is 53.4 Å². The number of anilines is 2. The lowest BCUT2D eigenvalue weighted by Gasteiger charge is -2.29. The van der Waals surface area contributed by atoms with Gasteiger partial charge in [-0.25, -0.2) is 0 Å². The van der Waals surface area contributed by atoms with E-state index >= 15 is 0 Å². The topological polar surface area (TPSA) is 69.7 Å². The number of thioether (sulfide) groups is 1. The highest BCUT2D eigenvalue weighted by Crippen LogP contribution is 2.55. The number of hydrogen-bond acceptors (Lipinski definition) is 4. The number of amides is 3. The van der Waals surface area contributed by atoms with Crippen molar-refractivity contribution in [3.63, 3.8) is 0 Å². The van der Waals surface area contributed by atoms with E-state index in [2.05, 4.69) is 5.32 Å². The molecule has 0 radical (unpaired) electrons. The number of hydrogen-bond donors (Lipinski definition) is 1. The van der Waals surface area contributed by atoms with Crippen LogP contribution in [0.3, 0.4) is 0 Å². The fourth-order valence-corrected chi connectivity index (χ4v) is 5.77. The van der Waals surface area contributed by atoms with Crippen LogP contribution in [0.2, 0.25) is 0 Å². The van der Waals surface area contributed by atoms with Crippen molar-refractivity contribution in [2.45, 2.75) is 42.0 Å². The van der Waals surface area contributed by atoms with Crippen LogP contribution in [0.4, 0.5) is 11.4 Å². The number of nitrogens with one attached hydrogen (secondary N) is 1. The molecule has 5 rings (SSSR count). The molecule has 2 aromatic rings. The van der Waals surface area contributed by atoms with Crippen LogP contribution < -0.4 is 15.1 Å². The number of nitrogens with zero attached hydrogens (tertiary/aromatic N) is 2. The molecule has 1 atom stereocenters. The summed E-state index contributed by atoms with van der Waals surface area (Å²) in [5.41, 5.74) is 2.69. The van der Waals surface area contributed by atoms with Gasteiger partial charge >= 0.3 is 0 Å². The number of carbonyl (C=O) groups is 3. The summed E-state index contributed by atoms with van der Waals surface area (Å²) in [5, 5.41) is 3.02. The van der Waals surface area contributed by atoms with Gasteiger partial charge in [0, 0.05) is 36.5 Å². The number of para-hydroxylation sites is 1. The Kier molecular flexibility index (Phi) is 4.35. The van der Waals surface area contributed by atoms with Crippen molar-refractivity contribution in [3.8, 4) is 0 Å². The second-order valence-corrected chi connectivity index (χ2v) is 8.90. The van der Waals surface area contributed by atoms with Crippen molar-refractivity contribution in [1.82, 2.24) is 5.32 Å². The van der Waals surface area contributed by atoms with Gasteiger partial charge in [0.15, 0.2) is 4.87 Å². The molecule has 7 heteroatoms. The average molecular weight is 407 g/mol. The molecule has 3 aliphatic rings. The van der Waals surface area contributed by atoms with Crippen molar-refractivity contribution in [2.75, 3.05) is 16.3 Å². The third-order valence-corrected chi connectivity index (χ3v) is 7.28. The summed E-state index contributed by atoms with van der Waals surface area (Å²) in [4.78, 5) is 41.1. The zero-order valence-electron chi connectivity index (χ0n) is 15.9. The Balaban J connectivity index is 1.30. The first-order chi connectivity index (χ1) is 14.1. The van der Waals surface area contributed by atoms with Crippen molar-refractivity contribution >= 4 is 40.9 Å². The van der Waals surface area contributed by atoms with Gasteiger partial charge in [0.1, 0.15) is 0 Å². The Morgan fingerprint density at radius 1 is 1.03 bits per heavy atom. The molecule has 0 saturated carbocycles. The second-order valence-electron chi connectivity index (χ2n) is 7.58. The van der Waals surface area contributed by atoms with E-state index in [0.717, 1.165) is 34.8 Å². The molecule has 2 saturated heterocycles. The smallest absolute Gasteiger partial charge is 0.257 e. The molecule has 0 bridgehead atoms. The first-order valence-corrected chi connectivity index (χ1v) is 10.7. The summed E-state index contributed by atoms with van der Waals surface area (Å²) in [6, 6.07) is 15.4. The Hall–Kier alpha value is -2.80. The van der Waals surface area contributed by atoms with Gasteiger partial charge in [0.05, 0.1) is 5.69 Å². The van der Waals surface area contributed by atoms with Gasteiger partial charge in [0.25, 0.3) is 5.91 Å². The van der Waals surface area contributed by atoms with E-state index in [9.17, 15) is 14.4 Å². The molecule has 1 N–H and O–H groups in total. The molecule has 3 aliphatic heterocycles. The van der Waals surface area contributed by atoms with Crippen LogP contribution in [-0.2, 0) is 20.9 Å². The third kappa shape index (κ3) is 2.92. The van der Waals surface area contributed by atoms with E-state index in [-0.39, 0.29) is 17.7 Å². The maximum absolute atomic E-state index is 13.2. The predicted molar refractivity (Wildman–Crippen MR) is 112 cm³/mol. The molecular formula is C22H21N3O3S. The molecule has 3 heterocycles. The van der Waals surface area contributed by atoms with E-state index in [1.165, 1.54) is 11.8 Å². The van der Waals surface area contributed by atoms with Crippen LogP contribution in [0, 0.1) is 0 Å². The summed E-state index contributed by atoms with van der Waals surface area (Å²) in [6.45, 7) is 1.15. The average Bonchev–Trinajstić information content (AvgIpc) is 3.40. The van der Waals surface area contributed by atoms with Gasteiger partial charge < -0.3 is 10.2 Å². The lowest BCUT2D eigenvalue weighted by atomic mass is 10.1. The highest BCUT2D eigenvalue weighted by Gasteiger charge is 2.57. The van der Waals surface area contributed by atoms with Gasteiger partial charge in [-0.1, -0.05) is 36.0 Å². The third-order valence-electron chi connectivity index (χ3n) is 5.80. The first kappa shape index (κ1) is 18.2. The Bertz CT molecular complexity index is 1010. The standard InChI is InChI=1S/C22H21N3O3S/c26-19-6-3-13-24(19)16-9-7-15(8-10-16)14-23-21(28)22-12-11-20(27)25(22)17-4-1-2-5-18(17)29-22/h1-2,4-5,7-10H,3,6,11-14H2,(H,23,28). The number of rotatable bonds is 4. The molecular weight excluding hydrogens is 386 g/mol. The van der Waals surface area contributed by atoms with Gasteiger partial charge in [-0.05, 0) is 42.7 Å². The zero-order valence-corrected chi connectivity index (χ0v) is 16.7. The largest absolute Gasteiger partial charge is 0.349 e. The molecule has 148 valence electrons. The molecule has 0 spiro atoms. The minimum absolute atomic E-state index is 0.00256. The van der Waals surface area contributed by atoms with E-state index in [1.54, 1.807) is 9.80 Å². The number of fused-ring (bicyclic) bond motifs is 3. The van der Waals surface area contributed by atoms with Gasteiger partial charge in [0.2, 0.25) is 11.8 Å². The van der Waals surface area contributed by atoms with Crippen molar-refractivity contribution in [2.24, 2.45) is 0 Å². The van der Waals surface area contributed by atoms with Crippen molar-refractivity contribution in [1.29, 1.82) is 0 Å². The van der Waals surface area contributed by atoms with Gasteiger partial charge in [-0.15, -0.1) is 0 Å². The Morgan fingerprint density at radius 2 is 1.83 bits per heavy atom. The van der Waals surface area contributed by atoms with E-state index < -0.39 is 4.87 Å². The van der Waals surface area contributed by atoms with Crippen molar-refractivity contribution in [3.05, 3.63) is 54.1 Å². The summed E-state index contributed by atoms with van der Waals surface area (Å²) in [6.07, 6.45) is 2.39. The monoisotopic (exact) mass is 407 g/mol. The second kappa shape index (κ2) is 6.91. The Morgan fingerprint density at radius 3 is 2.59 bits per heavy atom. The van der Waals surface area contributed by atoms with E-state index in [4.69, 9.17) is 0 Å².